The summed E-state index contributed by atoms with van der Waals surface area (Å²) in [4.78, 5) is 8.91. The van der Waals surface area contributed by atoms with E-state index < -0.39 is 6.43 Å². The van der Waals surface area contributed by atoms with Crippen molar-refractivity contribution >= 4 is 11.7 Å². The van der Waals surface area contributed by atoms with Crippen LogP contribution in [0.1, 0.15) is 47.7 Å². The Morgan fingerprint density at radius 3 is 2.81 bits per heavy atom. The first-order chi connectivity index (χ1) is 13.1. The zero-order valence-electron chi connectivity index (χ0n) is 15.0. The van der Waals surface area contributed by atoms with Crippen molar-refractivity contribution in [2.75, 3.05) is 18.5 Å². The molecule has 1 fully saturated rings. The summed E-state index contributed by atoms with van der Waals surface area (Å²) < 4.78 is 32.9. The van der Waals surface area contributed by atoms with Crippen LogP contribution in [0.25, 0.3) is 5.78 Å². The molecule has 0 atom stereocenters. The first-order valence-electron chi connectivity index (χ1n) is 9.03. The van der Waals surface area contributed by atoms with Gasteiger partial charge in [0, 0.05) is 36.9 Å². The molecule has 0 spiro atoms. The van der Waals surface area contributed by atoms with Crippen molar-refractivity contribution in [1.82, 2.24) is 19.6 Å². The van der Waals surface area contributed by atoms with Gasteiger partial charge >= 0.3 is 0 Å². The second-order valence-corrected chi connectivity index (χ2v) is 6.76. The lowest BCUT2D eigenvalue weighted by Gasteiger charge is -2.22. The largest absolute Gasteiger partial charge is 0.381 e. The van der Waals surface area contributed by atoms with E-state index in [1.807, 2.05) is 13.0 Å². The smallest absolute Gasteiger partial charge is 0.263 e. The van der Waals surface area contributed by atoms with Gasteiger partial charge in [0.1, 0.15) is 0 Å². The number of ether oxygens (including phenoxy) is 1. The topological polar surface area (TPSA) is 64.3 Å². The minimum atomic E-state index is -2.48. The monoisotopic (exact) mass is 373 g/mol. The average molecular weight is 373 g/mol. The van der Waals surface area contributed by atoms with E-state index in [4.69, 9.17) is 4.74 Å². The second-order valence-electron chi connectivity index (χ2n) is 6.76. The van der Waals surface area contributed by atoms with Gasteiger partial charge in [0.15, 0.2) is 0 Å². The molecular formula is C19H21F2N5O. The third-order valence-electron chi connectivity index (χ3n) is 4.76. The zero-order chi connectivity index (χ0) is 18.8. The van der Waals surface area contributed by atoms with Crippen LogP contribution >= 0.6 is 0 Å². The van der Waals surface area contributed by atoms with E-state index in [9.17, 15) is 8.78 Å². The number of hydrogen-bond acceptors (Lipinski definition) is 5. The fraction of sp³-hybridized carbons (Fsp3) is 0.421. The van der Waals surface area contributed by atoms with Crippen LogP contribution in [-0.2, 0) is 11.3 Å². The molecule has 1 aliphatic heterocycles. The van der Waals surface area contributed by atoms with E-state index in [0.29, 0.717) is 24.2 Å². The van der Waals surface area contributed by atoms with Crippen LogP contribution in [0.3, 0.4) is 0 Å². The SMILES string of the molecule is Cc1cc(C2CCOCC2)n2nc(NCc3cccc(C(F)F)c3)nc2n1. The van der Waals surface area contributed by atoms with Gasteiger partial charge in [-0.1, -0.05) is 18.2 Å². The van der Waals surface area contributed by atoms with E-state index in [-0.39, 0.29) is 5.56 Å². The van der Waals surface area contributed by atoms with E-state index in [1.54, 1.807) is 16.6 Å². The van der Waals surface area contributed by atoms with Crippen LogP contribution in [0.5, 0.6) is 0 Å². The normalized spacial score (nSPS) is 15.6. The van der Waals surface area contributed by atoms with E-state index in [0.717, 1.165) is 43.0 Å². The Balaban J connectivity index is 1.57. The number of alkyl halides is 2. The van der Waals surface area contributed by atoms with Crippen LogP contribution in [0, 0.1) is 6.92 Å². The molecule has 0 radical (unpaired) electrons. The van der Waals surface area contributed by atoms with Gasteiger partial charge in [0.05, 0.1) is 5.69 Å². The van der Waals surface area contributed by atoms with E-state index >= 15 is 0 Å². The Kier molecular flexibility index (Phi) is 4.98. The van der Waals surface area contributed by atoms with Crippen molar-refractivity contribution in [2.45, 2.75) is 38.7 Å². The summed E-state index contributed by atoms with van der Waals surface area (Å²) in [5.74, 6) is 1.34. The molecule has 27 heavy (non-hydrogen) atoms. The predicted molar refractivity (Wildman–Crippen MR) is 97.0 cm³/mol. The Hall–Kier alpha value is -2.61. The van der Waals surface area contributed by atoms with Gasteiger partial charge in [0.25, 0.3) is 12.2 Å². The molecule has 2 aromatic heterocycles. The molecule has 0 aliphatic carbocycles. The number of aryl methyl sites for hydroxylation is 1. The Labute approximate surface area is 155 Å². The standard InChI is InChI=1S/C19H21F2N5O/c1-12-9-16(14-5-7-27-8-6-14)26-19(23-12)24-18(25-26)22-11-13-3-2-4-15(10-13)17(20)21/h2-4,9-10,14,17H,5-8,11H2,1H3,(H,22,25). The number of nitrogens with zero attached hydrogens (tertiary/aromatic N) is 4. The maximum atomic E-state index is 12.8. The molecule has 0 saturated carbocycles. The molecule has 8 heteroatoms. The van der Waals surface area contributed by atoms with Gasteiger partial charge in [0.2, 0.25) is 5.95 Å². The van der Waals surface area contributed by atoms with Crippen LogP contribution in [0.4, 0.5) is 14.7 Å². The Morgan fingerprint density at radius 2 is 2.04 bits per heavy atom. The molecule has 0 bridgehead atoms. The molecule has 1 aliphatic rings. The lowest BCUT2D eigenvalue weighted by atomic mass is 9.96. The van der Waals surface area contributed by atoms with Crippen molar-refractivity contribution in [3.63, 3.8) is 0 Å². The Bertz CT molecular complexity index is 937. The van der Waals surface area contributed by atoms with Crippen molar-refractivity contribution in [3.8, 4) is 0 Å². The number of benzene rings is 1. The third kappa shape index (κ3) is 3.90. The van der Waals surface area contributed by atoms with Crippen LogP contribution in [0.2, 0.25) is 0 Å². The summed E-state index contributed by atoms with van der Waals surface area (Å²) in [7, 11) is 0. The van der Waals surface area contributed by atoms with Crippen LogP contribution in [-0.4, -0.2) is 32.8 Å². The third-order valence-corrected chi connectivity index (χ3v) is 4.76. The van der Waals surface area contributed by atoms with Gasteiger partial charge < -0.3 is 10.1 Å². The van der Waals surface area contributed by atoms with E-state index in [1.165, 1.54) is 12.1 Å². The fourth-order valence-corrected chi connectivity index (χ4v) is 3.39. The molecule has 6 nitrogen and oxygen atoms in total. The zero-order valence-corrected chi connectivity index (χ0v) is 15.0. The van der Waals surface area contributed by atoms with Gasteiger partial charge in [-0.2, -0.15) is 9.50 Å². The summed E-state index contributed by atoms with van der Waals surface area (Å²) in [6.07, 6.45) is -0.587. The molecule has 4 rings (SSSR count). The summed E-state index contributed by atoms with van der Waals surface area (Å²) in [6.45, 7) is 3.80. The van der Waals surface area contributed by atoms with Crippen molar-refractivity contribution in [2.24, 2.45) is 0 Å². The highest BCUT2D eigenvalue weighted by Crippen LogP contribution is 2.27. The number of nitrogens with one attached hydrogen (secondary N) is 1. The highest BCUT2D eigenvalue weighted by Gasteiger charge is 2.21. The minimum absolute atomic E-state index is 0.0105. The number of hydrogen-bond donors (Lipinski definition) is 1. The summed E-state index contributed by atoms with van der Waals surface area (Å²) >= 11 is 0. The van der Waals surface area contributed by atoms with E-state index in [2.05, 4.69) is 20.4 Å². The highest BCUT2D eigenvalue weighted by atomic mass is 19.3. The molecule has 0 amide bonds. The molecular weight excluding hydrogens is 352 g/mol. The highest BCUT2D eigenvalue weighted by molar-refractivity contribution is 5.40. The molecule has 0 unspecified atom stereocenters. The lowest BCUT2D eigenvalue weighted by Crippen LogP contribution is -2.17. The van der Waals surface area contributed by atoms with Crippen molar-refractivity contribution in [3.05, 3.63) is 52.8 Å². The maximum Gasteiger partial charge on any atom is 0.263 e. The summed E-state index contributed by atoms with van der Waals surface area (Å²) in [5, 5.41) is 7.66. The van der Waals surface area contributed by atoms with Crippen LogP contribution in [0.15, 0.2) is 30.3 Å². The molecule has 142 valence electrons. The minimum Gasteiger partial charge on any atom is -0.381 e. The first kappa shape index (κ1) is 17.8. The van der Waals surface area contributed by atoms with Crippen molar-refractivity contribution in [1.29, 1.82) is 0 Å². The van der Waals surface area contributed by atoms with Gasteiger partial charge in [-0.05, 0) is 37.5 Å². The van der Waals surface area contributed by atoms with Crippen LogP contribution < -0.4 is 5.32 Å². The number of anilines is 1. The second kappa shape index (κ2) is 7.56. The summed E-state index contributed by atoms with van der Waals surface area (Å²) in [5.41, 5.74) is 2.74. The summed E-state index contributed by atoms with van der Waals surface area (Å²) in [6, 6.07) is 8.38. The lowest BCUT2D eigenvalue weighted by molar-refractivity contribution is 0.0840. The number of aromatic nitrogens is 4. The van der Waals surface area contributed by atoms with Gasteiger partial charge in [-0.3, -0.25) is 0 Å². The molecule has 1 N–H and O–H groups in total. The number of halogens is 2. The van der Waals surface area contributed by atoms with Crippen molar-refractivity contribution < 1.29 is 13.5 Å². The average Bonchev–Trinajstić information content (AvgIpc) is 3.09. The molecule has 3 aromatic rings. The fourth-order valence-electron chi connectivity index (χ4n) is 3.39. The first-order valence-corrected chi connectivity index (χ1v) is 9.03. The van der Waals surface area contributed by atoms with Gasteiger partial charge in [-0.25, -0.2) is 13.8 Å². The van der Waals surface area contributed by atoms with Gasteiger partial charge in [-0.15, -0.1) is 5.10 Å². The molecule has 1 saturated heterocycles. The molecule has 3 heterocycles. The Morgan fingerprint density at radius 1 is 1.22 bits per heavy atom. The quantitative estimate of drug-likeness (QED) is 0.735. The molecule has 1 aromatic carbocycles. The maximum absolute atomic E-state index is 12.8. The number of fused-ring (bicyclic) bond motifs is 1. The number of rotatable bonds is 5. The predicted octanol–water partition coefficient (Wildman–Crippen LogP) is 3.88.